The predicted octanol–water partition coefficient (Wildman–Crippen LogP) is 1.48. The minimum atomic E-state index is -3.90. The zero-order valence-corrected chi connectivity index (χ0v) is 17.5. The highest BCUT2D eigenvalue weighted by Crippen LogP contribution is 2.43. The molecule has 0 unspecified atom stereocenters. The fraction of sp³-hybridized carbons (Fsp3) is 0.316. The van der Waals surface area contributed by atoms with Gasteiger partial charge in [-0.15, -0.1) is 0 Å². The van der Waals surface area contributed by atoms with Crippen LogP contribution in [0, 0.1) is 5.82 Å². The molecule has 2 aliphatic heterocycles. The van der Waals surface area contributed by atoms with E-state index in [1.54, 1.807) is 6.07 Å². The minimum absolute atomic E-state index is 0.0268. The first-order valence-electron chi connectivity index (χ1n) is 8.99. The van der Waals surface area contributed by atoms with Gasteiger partial charge < -0.3 is 10.5 Å². The summed E-state index contributed by atoms with van der Waals surface area (Å²) in [6.45, 7) is -0.279. The molecule has 2 N–H and O–H groups in total. The normalized spacial score (nSPS) is 25.0. The van der Waals surface area contributed by atoms with Crippen molar-refractivity contribution in [1.82, 2.24) is 9.29 Å². The van der Waals surface area contributed by atoms with Crippen molar-refractivity contribution in [2.24, 2.45) is 10.7 Å². The Morgan fingerprint density at radius 3 is 2.87 bits per heavy atom. The Hall–Kier alpha value is -2.56. The summed E-state index contributed by atoms with van der Waals surface area (Å²) >= 11 is 5.79. The quantitative estimate of drug-likeness (QED) is 0.703. The van der Waals surface area contributed by atoms with Gasteiger partial charge in [0.05, 0.1) is 18.2 Å². The molecule has 8 nitrogen and oxygen atoms in total. The second-order valence-electron chi connectivity index (χ2n) is 7.19. The van der Waals surface area contributed by atoms with Gasteiger partial charge in [-0.3, -0.25) is 9.78 Å². The molecule has 0 radical (unpaired) electrons. The molecule has 1 aromatic heterocycles. The number of pyridine rings is 1. The van der Waals surface area contributed by atoms with Gasteiger partial charge in [-0.25, -0.2) is 22.1 Å². The van der Waals surface area contributed by atoms with E-state index < -0.39 is 26.6 Å². The van der Waals surface area contributed by atoms with Crippen LogP contribution >= 0.6 is 11.6 Å². The summed E-state index contributed by atoms with van der Waals surface area (Å²) in [5.41, 5.74) is 5.05. The largest absolute Gasteiger partial charge is 0.377 e. The fourth-order valence-electron chi connectivity index (χ4n) is 3.73. The van der Waals surface area contributed by atoms with Crippen molar-refractivity contribution in [1.29, 1.82) is 0 Å². The molecule has 2 atom stereocenters. The Labute approximate surface area is 177 Å². The van der Waals surface area contributed by atoms with Crippen molar-refractivity contribution in [2.45, 2.75) is 17.2 Å². The molecule has 1 aromatic carbocycles. The van der Waals surface area contributed by atoms with E-state index in [9.17, 15) is 17.6 Å². The van der Waals surface area contributed by atoms with Crippen LogP contribution in [0.4, 0.5) is 4.39 Å². The van der Waals surface area contributed by atoms with Gasteiger partial charge in [0.25, 0.3) is 0 Å². The SMILES string of the molecule is CN1C(N)=N[C@]2(c3cc(CC(=O)c4ccc(Cl)cn4)ccc3F)COC[C@@H]2S1(=O)=O. The molecule has 0 amide bonds. The van der Waals surface area contributed by atoms with Crippen LogP contribution in [0.3, 0.4) is 0 Å². The first kappa shape index (κ1) is 20.7. The van der Waals surface area contributed by atoms with Gasteiger partial charge in [-0.2, -0.15) is 0 Å². The molecular formula is C19H18ClFN4O4S. The number of ether oxygens (including phenoxy) is 1. The average molecular weight is 453 g/mol. The summed E-state index contributed by atoms with van der Waals surface area (Å²) in [6.07, 6.45) is 1.31. The Morgan fingerprint density at radius 1 is 1.40 bits per heavy atom. The molecule has 11 heteroatoms. The lowest BCUT2D eigenvalue weighted by Gasteiger charge is -2.38. The average Bonchev–Trinajstić information content (AvgIpc) is 3.14. The molecule has 0 saturated carbocycles. The molecule has 30 heavy (non-hydrogen) atoms. The Balaban J connectivity index is 1.75. The van der Waals surface area contributed by atoms with Crippen LogP contribution in [0.5, 0.6) is 0 Å². The van der Waals surface area contributed by atoms with E-state index in [1.165, 1.54) is 37.5 Å². The third-order valence-corrected chi connectivity index (χ3v) is 7.80. The van der Waals surface area contributed by atoms with Gasteiger partial charge in [0, 0.05) is 25.2 Å². The molecule has 0 spiro atoms. The number of halogens is 2. The first-order chi connectivity index (χ1) is 14.1. The van der Waals surface area contributed by atoms with Gasteiger partial charge in [-0.1, -0.05) is 17.7 Å². The molecule has 2 aliphatic rings. The number of carbonyl (C=O) groups excluding carboxylic acids is 1. The molecular weight excluding hydrogens is 435 g/mol. The van der Waals surface area contributed by atoms with Gasteiger partial charge in [0.15, 0.2) is 5.78 Å². The molecule has 2 aromatic rings. The number of ketones is 1. The van der Waals surface area contributed by atoms with E-state index in [0.717, 1.165) is 4.31 Å². The number of hydrogen-bond acceptors (Lipinski definition) is 7. The van der Waals surface area contributed by atoms with Gasteiger partial charge in [0.1, 0.15) is 22.3 Å². The number of aromatic nitrogens is 1. The van der Waals surface area contributed by atoms with E-state index in [0.29, 0.717) is 10.6 Å². The first-order valence-corrected chi connectivity index (χ1v) is 10.9. The number of nitrogens with two attached hydrogens (primary N) is 1. The summed E-state index contributed by atoms with van der Waals surface area (Å²) in [5.74, 6) is -1.19. The van der Waals surface area contributed by atoms with Crippen molar-refractivity contribution in [3.8, 4) is 0 Å². The van der Waals surface area contributed by atoms with Crippen LogP contribution in [0.2, 0.25) is 5.02 Å². The van der Waals surface area contributed by atoms with Gasteiger partial charge in [-0.05, 0) is 29.8 Å². The number of sulfonamides is 1. The lowest BCUT2D eigenvalue weighted by molar-refractivity contribution is 0.0988. The van der Waals surface area contributed by atoms with Crippen LogP contribution in [0.15, 0.2) is 41.5 Å². The molecule has 158 valence electrons. The molecule has 3 heterocycles. The van der Waals surface area contributed by atoms with Crippen molar-refractivity contribution < 1.29 is 22.3 Å². The highest BCUT2D eigenvalue weighted by atomic mass is 35.5. The number of aliphatic imine (C=N–C) groups is 1. The molecule has 0 bridgehead atoms. The third-order valence-electron chi connectivity index (χ3n) is 5.38. The topological polar surface area (TPSA) is 115 Å². The summed E-state index contributed by atoms with van der Waals surface area (Å²) in [5, 5.41) is -0.721. The van der Waals surface area contributed by atoms with Crippen LogP contribution < -0.4 is 5.73 Å². The van der Waals surface area contributed by atoms with E-state index in [-0.39, 0.29) is 42.6 Å². The maximum absolute atomic E-state index is 14.9. The minimum Gasteiger partial charge on any atom is -0.377 e. The van der Waals surface area contributed by atoms with Crippen LogP contribution in [-0.2, 0) is 26.7 Å². The third kappa shape index (κ3) is 3.24. The number of carbonyl (C=O) groups is 1. The highest BCUT2D eigenvalue weighted by molar-refractivity contribution is 7.90. The van der Waals surface area contributed by atoms with Gasteiger partial charge >= 0.3 is 0 Å². The monoisotopic (exact) mass is 452 g/mol. The van der Waals surface area contributed by atoms with Crippen LogP contribution in [0.1, 0.15) is 21.6 Å². The Morgan fingerprint density at radius 2 is 2.17 bits per heavy atom. The number of benzene rings is 1. The predicted molar refractivity (Wildman–Crippen MR) is 108 cm³/mol. The van der Waals surface area contributed by atoms with Crippen molar-refractivity contribution >= 4 is 33.4 Å². The van der Waals surface area contributed by atoms with E-state index >= 15 is 0 Å². The number of Topliss-reactive ketones (excluding diaryl/α,β-unsaturated/α-hetero) is 1. The van der Waals surface area contributed by atoms with E-state index in [1.807, 2.05) is 0 Å². The second-order valence-corrected chi connectivity index (χ2v) is 9.77. The lowest BCUT2D eigenvalue weighted by atomic mass is 9.87. The molecule has 4 rings (SSSR count). The van der Waals surface area contributed by atoms with E-state index in [4.69, 9.17) is 22.1 Å². The summed E-state index contributed by atoms with van der Waals surface area (Å²) in [4.78, 5) is 20.9. The number of fused-ring (bicyclic) bond motifs is 1. The van der Waals surface area contributed by atoms with E-state index in [2.05, 4.69) is 9.98 Å². The molecule has 0 aliphatic carbocycles. The van der Waals surface area contributed by atoms with Crippen LogP contribution in [-0.4, -0.2) is 55.0 Å². The number of nitrogens with zero attached hydrogens (tertiary/aromatic N) is 3. The van der Waals surface area contributed by atoms with Crippen molar-refractivity contribution in [2.75, 3.05) is 20.3 Å². The maximum Gasteiger partial charge on any atom is 0.245 e. The second kappa shape index (κ2) is 7.29. The van der Waals surface area contributed by atoms with Crippen LogP contribution in [0.25, 0.3) is 0 Å². The number of rotatable bonds is 4. The maximum atomic E-state index is 14.9. The standard InChI is InChI=1S/C19H18ClFN4O4S/c1-25-18(22)24-19(10-29-9-17(19)30(25,27)28)13-6-11(2-4-14(13)21)7-16(26)15-5-3-12(20)8-23-15/h2-6,8,17H,7,9-10H2,1H3,(H2,22,24)/t17-,19-/m0/s1. The molecule has 1 saturated heterocycles. The van der Waals surface area contributed by atoms with Crippen molar-refractivity contribution in [3.63, 3.8) is 0 Å². The highest BCUT2D eigenvalue weighted by Gasteiger charge is 2.58. The summed E-state index contributed by atoms with van der Waals surface area (Å²) < 4.78 is 46.9. The number of hydrogen-bond donors (Lipinski definition) is 1. The number of guanidine groups is 1. The molecule has 1 fully saturated rings. The lowest BCUT2D eigenvalue weighted by Crippen LogP contribution is -2.57. The zero-order chi connectivity index (χ0) is 21.7. The Bertz CT molecular complexity index is 1160. The van der Waals surface area contributed by atoms with Crippen molar-refractivity contribution in [3.05, 3.63) is 64.2 Å². The fourth-order valence-corrected chi connectivity index (χ4v) is 5.53. The zero-order valence-electron chi connectivity index (χ0n) is 15.9. The summed E-state index contributed by atoms with van der Waals surface area (Å²) in [6, 6.07) is 7.16. The smallest absolute Gasteiger partial charge is 0.245 e. The summed E-state index contributed by atoms with van der Waals surface area (Å²) in [7, 11) is -2.61. The Kier molecular flexibility index (Phi) is 5.03. The van der Waals surface area contributed by atoms with Gasteiger partial charge in [0.2, 0.25) is 16.0 Å².